The summed E-state index contributed by atoms with van der Waals surface area (Å²) in [5, 5.41) is 3.32. The van der Waals surface area contributed by atoms with Gasteiger partial charge in [-0.1, -0.05) is 0 Å². The second-order valence-corrected chi connectivity index (χ2v) is 3.61. The van der Waals surface area contributed by atoms with Crippen LogP contribution in [0.25, 0.3) is 0 Å². The van der Waals surface area contributed by atoms with Crippen LogP contribution in [0, 0.1) is 5.92 Å². The summed E-state index contributed by atoms with van der Waals surface area (Å²) in [5.74, 6) is 0.532. The quantitative estimate of drug-likeness (QED) is 0.504. The van der Waals surface area contributed by atoms with Crippen molar-refractivity contribution in [3.8, 4) is 0 Å². The molecule has 0 spiro atoms. The molecule has 1 aliphatic heterocycles. The Morgan fingerprint density at radius 2 is 2.50 bits per heavy atom. The Balaban J connectivity index is 1.86. The summed E-state index contributed by atoms with van der Waals surface area (Å²) in [6.07, 6.45) is 2.51. The first-order valence-corrected chi connectivity index (χ1v) is 5.18. The maximum atomic E-state index is 10.8. The Morgan fingerprint density at radius 1 is 1.64 bits per heavy atom. The number of carbonyl (C=O) groups is 1. The Morgan fingerprint density at radius 3 is 3.14 bits per heavy atom. The lowest BCUT2D eigenvalue weighted by atomic mass is 10.1. The summed E-state index contributed by atoms with van der Waals surface area (Å²) in [4.78, 5) is 10.8. The molecule has 0 amide bonds. The van der Waals surface area contributed by atoms with Gasteiger partial charge in [-0.2, -0.15) is 0 Å². The third kappa shape index (κ3) is 4.58. The van der Waals surface area contributed by atoms with Gasteiger partial charge in [-0.3, -0.25) is 4.79 Å². The van der Waals surface area contributed by atoms with E-state index in [0.29, 0.717) is 12.3 Å². The van der Waals surface area contributed by atoms with Crippen LogP contribution in [0.1, 0.15) is 19.3 Å². The average Bonchev–Trinajstić information content (AvgIpc) is 2.69. The maximum Gasteiger partial charge on any atom is 0.305 e. The Bertz CT molecular complexity index is 167. The van der Waals surface area contributed by atoms with Gasteiger partial charge in [0.2, 0.25) is 0 Å². The van der Waals surface area contributed by atoms with Crippen LogP contribution >= 0.6 is 0 Å². The molecule has 1 unspecified atom stereocenters. The van der Waals surface area contributed by atoms with E-state index in [9.17, 15) is 4.79 Å². The molecule has 0 aromatic rings. The minimum atomic E-state index is -0.129. The topological polar surface area (TPSA) is 47.6 Å². The van der Waals surface area contributed by atoms with Crippen LogP contribution < -0.4 is 5.32 Å². The summed E-state index contributed by atoms with van der Waals surface area (Å²) in [6.45, 7) is 3.66. The second-order valence-electron chi connectivity index (χ2n) is 3.61. The van der Waals surface area contributed by atoms with Crippen molar-refractivity contribution in [2.45, 2.75) is 19.3 Å². The molecule has 4 nitrogen and oxygen atoms in total. The second kappa shape index (κ2) is 6.79. The maximum absolute atomic E-state index is 10.8. The first-order chi connectivity index (χ1) is 6.83. The molecule has 0 aromatic carbocycles. The third-order valence-electron chi connectivity index (χ3n) is 2.42. The molecular formula is C10H19NO3. The molecule has 1 fully saturated rings. The van der Waals surface area contributed by atoms with Gasteiger partial charge < -0.3 is 14.8 Å². The van der Waals surface area contributed by atoms with E-state index in [0.717, 1.165) is 39.1 Å². The molecule has 1 N–H and O–H groups in total. The van der Waals surface area contributed by atoms with E-state index >= 15 is 0 Å². The van der Waals surface area contributed by atoms with Gasteiger partial charge in [0.05, 0.1) is 13.7 Å². The molecule has 14 heavy (non-hydrogen) atoms. The first kappa shape index (κ1) is 11.5. The fourth-order valence-corrected chi connectivity index (χ4v) is 1.51. The molecule has 1 heterocycles. The van der Waals surface area contributed by atoms with Crippen molar-refractivity contribution in [2.75, 3.05) is 33.4 Å². The highest BCUT2D eigenvalue weighted by atomic mass is 16.5. The SMILES string of the molecule is COC(=O)CCCNCC1CCOC1. The van der Waals surface area contributed by atoms with Crippen molar-refractivity contribution < 1.29 is 14.3 Å². The standard InChI is InChI=1S/C10H19NO3/c1-13-10(12)3-2-5-11-7-9-4-6-14-8-9/h9,11H,2-8H2,1H3. The molecule has 4 heteroatoms. The summed E-state index contributed by atoms with van der Waals surface area (Å²) in [7, 11) is 1.42. The van der Waals surface area contributed by atoms with Crippen LogP contribution in [-0.2, 0) is 14.3 Å². The minimum absolute atomic E-state index is 0.129. The normalized spacial score (nSPS) is 21.1. The lowest BCUT2D eigenvalue weighted by Gasteiger charge is -2.08. The Labute approximate surface area is 85.0 Å². The summed E-state index contributed by atoms with van der Waals surface area (Å²) in [6, 6.07) is 0. The van der Waals surface area contributed by atoms with Gasteiger partial charge in [0, 0.05) is 19.6 Å². The smallest absolute Gasteiger partial charge is 0.305 e. The number of nitrogens with one attached hydrogen (secondary N) is 1. The molecular weight excluding hydrogens is 182 g/mol. The predicted molar refractivity (Wildman–Crippen MR) is 53.0 cm³/mol. The molecule has 1 rings (SSSR count). The number of esters is 1. The molecule has 0 bridgehead atoms. The van der Waals surface area contributed by atoms with Crippen LogP contribution in [0.4, 0.5) is 0 Å². The van der Waals surface area contributed by atoms with Crippen molar-refractivity contribution in [1.82, 2.24) is 5.32 Å². The van der Waals surface area contributed by atoms with Crippen LogP contribution in [0.15, 0.2) is 0 Å². The molecule has 0 radical (unpaired) electrons. The monoisotopic (exact) mass is 201 g/mol. The zero-order chi connectivity index (χ0) is 10.2. The fourth-order valence-electron chi connectivity index (χ4n) is 1.51. The van der Waals surface area contributed by atoms with Gasteiger partial charge in [-0.15, -0.1) is 0 Å². The van der Waals surface area contributed by atoms with Crippen LogP contribution in [-0.4, -0.2) is 39.4 Å². The molecule has 0 aromatic heterocycles. The van der Waals surface area contributed by atoms with E-state index in [4.69, 9.17) is 4.74 Å². The summed E-state index contributed by atoms with van der Waals surface area (Å²) >= 11 is 0. The molecule has 1 atom stereocenters. The Hall–Kier alpha value is -0.610. The van der Waals surface area contributed by atoms with E-state index in [1.54, 1.807) is 0 Å². The molecule has 82 valence electrons. The first-order valence-electron chi connectivity index (χ1n) is 5.18. The Kier molecular flexibility index (Phi) is 5.56. The van der Waals surface area contributed by atoms with E-state index in [-0.39, 0.29) is 5.97 Å². The highest BCUT2D eigenvalue weighted by molar-refractivity contribution is 5.68. The lowest BCUT2D eigenvalue weighted by molar-refractivity contribution is -0.140. The summed E-state index contributed by atoms with van der Waals surface area (Å²) < 4.78 is 9.80. The average molecular weight is 201 g/mol. The molecule has 0 saturated carbocycles. The molecule has 1 saturated heterocycles. The van der Waals surface area contributed by atoms with E-state index < -0.39 is 0 Å². The predicted octanol–water partition coefficient (Wildman–Crippen LogP) is 0.566. The highest BCUT2D eigenvalue weighted by Gasteiger charge is 2.14. The number of ether oxygens (including phenoxy) is 2. The lowest BCUT2D eigenvalue weighted by Crippen LogP contribution is -2.24. The van der Waals surface area contributed by atoms with Crippen LogP contribution in [0.2, 0.25) is 0 Å². The number of methoxy groups -OCH3 is 1. The number of hydrogen-bond acceptors (Lipinski definition) is 4. The minimum Gasteiger partial charge on any atom is -0.469 e. The van der Waals surface area contributed by atoms with Crippen molar-refractivity contribution in [3.05, 3.63) is 0 Å². The van der Waals surface area contributed by atoms with Gasteiger partial charge >= 0.3 is 5.97 Å². The van der Waals surface area contributed by atoms with E-state index in [2.05, 4.69) is 10.1 Å². The van der Waals surface area contributed by atoms with E-state index in [1.807, 2.05) is 0 Å². The number of rotatable bonds is 6. The van der Waals surface area contributed by atoms with Gasteiger partial charge in [0.25, 0.3) is 0 Å². The zero-order valence-corrected chi connectivity index (χ0v) is 8.75. The van der Waals surface area contributed by atoms with Crippen LogP contribution in [0.3, 0.4) is 0 Å². The van der Waals surface area contributed by atoms with Gasteiger partial charge in [-0.25, -0.2) is 0 Å². The summed E-state index contributed by atoms with van der Waals surface area (Å²) in [5.41, 5.74) is 0. The number of hydrogen-bond donors (Lipinski definition) is 1. The van der Waals surface area contributed by atoms with Gasteiger partial charge in [0.1, 0.15) is 0 Å². The van der Waals surface area contributed by atoms with Crippen molar-refractivity contribution in [1.29, 1.82) is 0 Å². The zero-order valence-electron chi connectivity index (χ0n) is 8.75. The van der Waals surface area contributed by atoms with E-state index in [1.165, 1.54) is 7.11 Å². The van der Waals surface area contributed by atoms with Gasteiger partial charge in [0.15, 0.2) is 0 Å². The number of carbonyl (C=O) groups excluding carboxylic acids is 1. The largest absolute Gasteiger partial charge is 0.469 e. The van der Waals surface area contributed by atoms with Crippen molar-refractivity contribution in [2.24, 2.45) is 5.92 Å². The van der Waals surface area contributed by atoms with Crippen molar-refractivity contribution >= 4 is 5.97 Å². The molecule has 0 aliphatic carbocycles. The van der Waals surface area contributed by atoms with Crippen molar-refractivity contribution in [3.63, 3.8) is 0 Å². The van der Waals surface area contributed by atoms with Gasteiger partial charge in [-0.05, 0) is 25.3 Å². The van der Waals surface area contributed by atoms with Crippen LogP contribution in [0.5, 0.6) is 0 Å². The highest BCUT2D eigenvalue weighted by Crippen LogP contribution is 2.10. The third-order valence-corrected chi connectivity index (χ3v) is 2.42. The fraction of sp³-hybridized carbons (Fsp3) is 0.900. The molecule has 1 aliphatic rings.